The van der Waals surface area contributed by atoms with Gasteiger partial charge in [-0.15, -0.1) is 0 Å². The van der Waals surface area contributed by atoms with Crippen molar-refractivity contribution in [1.29, 1.82) is 0 Å². The van der Waals surface area contributed by atoms with Crippen LogP contribution >= 0.6 is 0 Å². The largest absolute Gasteiger partial charge is 0.493 e. The molecule has 0 fully saturated rings. The molecule has 0 saturated carbocycles. The number of carbonyl (C=O) groups is 3. The minimum absolute atomic E-state index is 0.188. The van der Waals surface area contributed by atoms with Crippen LogP contribution < -0.4 is 18.9 Å². The van der Waals surface area contributed by atoms with Crippen LogP contribution in [0.25, 0.3) is 0 Å². The Morgan fingerprint density at radius 3 is 1.37 bits per heavy atom. The second kappa shape index (κ2) is 14.5. The zero-order valence-electron chi connectivity index (χ0n) is 22.9. The summed E-state index contributed by atoms with van der Waals surface area (Å²) in [4.78, 5) is 57.2. The summed E-state index contributed by atoms with van der Waals surface area (Å²) in [7, 11) is 4.27. The van der Waals surface area contributed by atoms with Crippen molar-refractivity contribution in [1.82, 2.24) is 4.90 Å². The molecule has 0 aliphatic rings. The summed E-state index contributed by atoms with van der Waals surface area (Å²) in [6.07, 6.45) is -5.31. The molecule has 0 unspecified atom stereocenters. The van der Waals surface area contributed by atoms with E-state index in [9.17, 15) is 47.8 Å². The number of nitro groups is 2. The first-order chi connectivity index (χ1) is 20.2. The molecule has 0 aliphatic carbocycles. The Hall–Kier alpha value is -5.36. The molecule has 43 heavy (non-hydrogen) atoms. The van der Waals surface area contributed by atoms with E-state index in [2.05, 4.69) is 9.47 Å². The van der Waals surface area contributed by atoms with E-state index in [1.165, 1.54) is 0 Å². The summed E-state index contributed by atoms with van der Waals surface area (Å²) in [5, 5.41) is 22.8. The van der Waals surface area contributed by atoms with Crippen molar-refractivity contribution >= 4 is 29.2 Å². The quantitative estimate of drug-likeness (QED) is 0.170. The predicted octanol–water partition coefficient (Wildman–Crippen LogP) is 2.94. The van der Waals surface area contributed by atoms with Gasteiger partial charge in [0, 0.05) is 12.1 Å². The fourth-order valence-electron chi connectivity index (χ4n) is 3.52. The Bertz CT molecular complexity index is 1310. The summed E-state index contributed by atoms with van der Waals surface area (Å²) in [5.74, 6) is -5.40. The van der Waals surface area contributed by atoms with Gasteiger partial charge in [0.05, 0.1) is 63.5 Å². The number of carbonyl (C=O) groups excluding carboxylic acids is 3. The third-order valence-corrected chi connectivity index (χ3v) is 5.54. The molecule has 234 valence electrons. The number of halogens is 3. The smallest absolute Gasteiger partial charge is 0.471 e. The Labute approximate surface area is 240 Å². The average molecular weight is 619 g/mol. The SMILES string of the molecule is COC(=O)c1cc(OC)c(OCCN(CCOc2cc([N+](=O)[O-])c(C(=O)OC)cc2OC)C(=O)C(F)(F)F)cc1[N+](=O)[O-]. The number of hydrogen-bond acceptors (Lipinski definition) is 13. The molecule has 0 atom stereocenters. The molecule has 0 saturated heterocycles. The van der Waals surface area contributed by atoms with Crippen molar-refractivity contribution in [2.45, 2.75) is 6.18 Å². The molecule has 19 heteroatoms. The van der Waals surface area contributed by atoms with Crippen LogP contribution in [-0.4, -0.2) is 93.5 Å². The number of rotatable bonds is 14. The van der Waals surface area contributed by atoms with Gasteiger partial charge in [0.2, 0.25) is 0 Å². The van der Waals surface area contributed by atoms with Crippen LogP contribution in [0.3, 0.4) is 0 Å². The molecular weight excluding hydrogens is 595 g/mol. The molecule has 0 N–H and O–H groups in total. The third kappa shape index (κ3) is 8.33. The lowest BCUT2D eigenvalue weighted by Crippen LogP contribution is -2.45. The molecule has 0 spiro atoms. The van der Waals surface area contributed by atoms with Gasteiger partial charge >= 0.3 is 24.0 Å². The molecule has 1 amide bonds. The fraction of sp³-hybridized carbons (Fsp3) is 0.375. The van der Waals surface area contributed by atoms with Crippen LogP contribution in [0.4, 0.5) is 24.5 Å². The van der Waals surface area contributed by atoms with Crippen LogP contribution in [0, 0.1) is 20.2 Å². The van der Waals surface area contributed by atoms with Crippen molar-refractivity contribution in [3.05, 3.63) is 55.6 Å². The standard InChI is InChI=1S/C24H24F3N3O13/c1-38-17-9-13(21(31)40-3)15(29(34)35)11-19(17)42-7-5-28(23(33)24(25,26)27)6-8-43-20-12-16(30(36)37)14(22(32)41-4)10-18(20)39-2/h9-12H,5-8H2,1-4H3. The second-order valence-electron chi connectivity index (χ2n) is 8.02. The van der Waals surface area contributed by atoms with E-state index in [-0.39, 0.29) is 23.0 Å². The molecule has 2 aromatic rings. The van der Waals surface area contributed by atoms with Crippen molar-refractivity contribution in [2.24, 2.45) is 0 Å². The van der Waals surface area contributed by atoms with Gasteiger partial charge in [0.15, 0.2) is 23.0 Å². The maximum absolute atomic E-state index is 13.3. The number of methoxy groups -OCH3 is 4. The number of hydrogen-bond donors (Lipinski definition) is 0. The van der Waals surface area contributed by atoms with Gasteiger partial charge in [-0.25, -0.2) is 9.59 Å². The third-order valence-electron chi connectivity index (χ3n) is 5.54. The van der Waals surface area contributed by atoms with Gasteiger partial charge in [0.1, 0.15) is 24.3 Å². The lowest BCUT2D eigenvalue weighted by Gasteiger charge is -2.24. The Balaban J connectivity index is 2.26. The Morgan fingerprint density at radius 1 is 0.721 bits per heavy atom. The molecule has 0 aliphatic heterocycles. The fourth-order valence-corrected chi connectivity index (χ4v) is 3.52. The van der Waals surface area contributed by atoms with E-state index in [4.69, 9.17) is 18.9 Å². The van der Waals surface area contributed by atoms with Gasteiger partial charge in [-0.1, -0.05) is 0 Å². The van der Waals surface area contributed by atoms with E-state index in [0.717, 1.165) is 52.7 Å². The first-order valence-corrected chi connectivity index (χ1v) is 11.7. The Morgan fingerprint density at radius 2 is 1.09 bits per heavy atom. The van der Waals surface area contributed by atoms with Crippen LogP contribution in [-0.2, 0) is 14.3 Å². The highest BCUT2D eigenvalue weighted by Crippen LogP contribution is 2.36. The normalized spacial score (nSPS) is 10.8. The van der Waals surface area contributed by atoms with Gasteiger partial charge in [-0.3, -0.25) is 25.0 Å². The minimum Gasteiger partial charge on any atom is -0.493 e. The highest BCUT2D eigenvalue weighted by Gasteiger charge is 2.42. The number of esters is 2. The molecule has 2 aromatic carbocycles. The monoisotopic (exact) mass is 619 g/mol. The van der Waals surface area contributed by atoms with Crippen molar-refractivity contribution < 1.29 is 65.8 Å². The lowest BCUT2D eigenvalue weighted by molar-refractivity contribution is -0.385. The van der Waals surface area contributed by atoms with Crippen LogP contribution in [0.15, 0.2) is 24.3 Å². The molecule has 0 aromatic heterocycles. The molecule has 0 bridgehead atoms. The lowest BCUT2D eigenvalue weighted by atomic mass is 10.1. The highest BCUT2D eigenvalue weighted by molar-refractivity contribution is 5.95. The maximum Gasteiger partial charge on any atom is 0.471 e. The van der Waals surface area contributed by atoms with E-state index in [1.807, 2.05) is 0 Å². The minimum atomic E-state index is -5.31. The van der Waals surface area contributed by atoms with Gasteiger partial charge in [0.25, 0.3) is 11.4 Å². The number of benzene rings is 2. The predicted molar refractivity (Wildman–Crippen MR) is 136 cm³/mol. The number of nitro benzene ring substituents is 2. The zero-order valence-corrected chi connectivity index (χ0v) is 22.9. The van der Waals surface area contributed by atoms with Crippen LogP contribution in [0.2, 0.25) is 0 Å². The van der Waals surface area contributed by atoms with Crippen molar-refractivity contribution in [2.75, 3.05) is 54.7 Å². The van der Waals surface area contributed by atoms with Crippen LogP contribution in [0.1, 0.15) is 20.7 Å². The maximum atomic E-state index is 13.3. The first-order valence-electron chi connectivity index (χ1n) is 11.7. The summed E-state index contributed by atoms with van der Waals surface area (Å²) in [6, 6.07) is 3.51. The average Bonchev–Trinajstić information content (AvgIpc) is 2.97. The number of nitrogens with zero attached hydrogens (tertiary/aromatic N) is 3. The van der Waals surface area contributed by atoms with Crippen LogP contribution in [0.5, 0.6) is 23.0 Å². The van der Waals surface area contributed by atoms with Gasteiger partial charge in [-0.05, 0) is 0 Å². The van der Waals surface area contributed by atoms with E-state index >= 15 is 0 Å². The molecule has 16 nitrogen and oxygen atoms in total. The Kier molecular flexibility index (Phi) is 11.4. The molecule has 2 rings (SSSR count). The van der Waals surface area contributed by atoms with Crippen molar-refractivity contribution in [3.63, 3.8) is 0 Å². The summed E-state index contributed by atoms with van der Waals surface area (Å²) >= 11 is 0. The second-order valence-corrected chi connectivity index (χ2v) is 8.02. The number of ether oxygens (including phenoxy) is 6. The van der Waals surface area contributed by atoms with E-state index in [1.54, 1.807) is 0 Å². The topological polar surface area (TPSA) is 196 Å². The first kappa shape index (κ1) is 33.8. The number of alkyl halides is 3. The summed E-state index contributed by atoms with van der Waals surface area (Å²) < 4.78 is 69.6. The molecule has 0 radical (unpaired) electrons. The van der Waals surface area contributed by atoms with Gasteiger partial charge in [-0.2, -0.15) is 13.2 Å². The molecular formula is C24H24F3N3O13. The van der Waals surface area contributed by atoms with Gasteiger partial charge < -0.3 is 33.3 Å². The zero-order chi connectivity index (χ0) is 32.5. The van der Waals surface area contributed by atoms with Crippen molar-refractivity contribution in [3.8, 4) is 23.0 Å². The number of amides is 1. The van der Waals surface area contributed by atoms with E-state index < -0.39 is 82.7 Å². The van der Waals surface area contributed by atoms with E-state index in [0.29, 0.717) is 4.90 Å². The summed E-state index contributed by atoms with van der Waals surface area (Å²) in [5.41, 5.74) is -2.42. The highest BCUT2D eigenvalue weighted by atomic mass is 19.4. The summed E-state index contributed by atoms with van der Waals surface area (Å²) in [6.45, 7) is -2.68. The molecule has 0 heterocycles.